The molecule has 4 rings (SSSR count). The molecule has 0 aliphatic carbocycles. The number of fused-ring (bicyclic) bond motifs is 2. The van der Waals surface area contributed by atoms with Gasteiger partial charge in [-0.1, -0.05) is 0 Å². The quantitative estimate of drug-likeness (QED) is 0.775. The Bertz CT molecular complexity index is 1010. The first-order valence-corrected chi connectivity index (χ1v) is 7.98. The lowest BCUT2D eigenvalue weighted by Gasteiger charge is -2.10. The highest BCUT2D eigenvalue weighted by atomic mass is 16.7. The summed E-state index contributed by atoms with van der Waals surface area (Å²) in [5.41, 5.74) is 4.37. The fourth-order valence-electron chi connectivity index (χ4n) is 2.84. The maximum absolute atomic E-state index is 12.5. The standard InChI is InChI=1S/C19H17N3O3/c1-10-11(2)14-5-7-17(21-18(14)20-12(10)3)22-19(23)13-4-6-15-16(8-13)25-9-24-15/h4-8H,9H2,1-3H3,(H,20,21,22,23). The third-order valence-electron chi connectivity index (χ3n) is 4.53. The third-order valence-corrected chi connectivity index (χ3v) is 4.53. The Hall–Kier alpha value is -3.15. The van der Waals surface area contributed by atoms with Gasteiger partial charge in [0, 0.05) is 16.6 Å². The molecule has 2 aromatic heterocycles. The Morgan fingerprint density at radius 1 is 1.00 bits per heavy atom. The van der Waals surface area contributed by atoms with Crippen molar-refractivity contribution in [2.45, 2.75) is 20.8 Å². The highest BCUT2D eigenvalue weighted by Gasteiger charge is 2.17. The first-order valence-electron chi connectivity index (χ1n) is 7.98. The van der Waals surface area contributed by atoms with Gasteiger partial charge in [0.2, 0.25) is 6.79 Å². The minimum Gasteiger partial charge on any atom is -0.454 e. The minimum absolute atomic E-state index is 0.177. The first kappa shape index (κ1) is 15.4. The van der Waals surface area contributed by atoms with Gasteiger partial charge in [-0.2, -0.15) is 0 Å². The third kappa shape index (κ3) is 2.65. The number of nitrogens with zero attached hydrogens (tertiary/aromatic N) is 2. The van der Waals surface area contributed by atoms with Crippen LogP contribution in [-0.2, 0) is 0 Å². The number of carbonyl (C=O) groups excluding carboxylic acids is 1. The molecule has 1 aliphatic rings. The summed E-state index contributed by atoms with van der Waals surface area (Å²) in [7, 11) is 0. The molecule has 0 atom stereocenters. The van der Waals surface area contributed by atoms with Crippen LogP contribution in [0.3, 0.4) is 0 Å². The number of aryl methyl sites for hydroxylation is 2. The van der Waals surface area contributed by atoms with Crippen LogP contribution in [0.25, 0.3) is 11.0 Å². The van der Waals surface area contributed by atoms with Crippen LogP contribution in [0.1, 0.15) is 27.2 Å². The highest BCUT2D eigenvalue weighted by Crippen LogP contribution is 2.32. The van der Waals surface area contributed by atoms with E-state index in [2.05, 4.69) is 22.2 Å². The molecule has 126 valence electrons. The number of carbonyl (C=O) groups is 1. The molecule has 0 radical (unpaired) electrons. The Kier molecular flexibility index (Phi) is 3.53. The molecule has 0 saturated heterocycles. The van der Waals surface area contributed by atoms with E-state index in [4.69, 9.17) is 9.47 Å². The smallest absolute Gasteiger partial charge is 0.256 e. The predicted octanol–water partition coefficient (Wildman–Crippen LogP) is 3.54. The maximum Gasteiger partial charge on any atom is 0.256 e. The van der Waals surface area contributed by atoms with E-state index in [1.165, 1.54) is 0 Å². The molecule has 1 N–H and O–H groups in total. The first-order chi connectivity index (χ1) is 12.0. The zero-order chi connectivity index (χ0) is 17.6. The minimum atomic E-state index is -0.259. The molecule has 25 heavy (non-hydrogen) atoms. The van der Waals surface area contributed by atoms with Crippen LogP contribution in [0.15, 0.2) is 30.3 Å². The van der Waals surface area contributed by atoms with E-state index in [1.54, 1.807) is 24.3 Å². The van der Waals surface area contributed by atoms with Crippen molar-refractivity contribution in [1.82, 2.24) is 9.97 Å². The zero-order valence-corrected chi connectivity index (χ0v) is 14.2. The molecule has 0 bridgehead atoms. The van der Waals surface area contributed by atoms with Crippen LogP contribution in [0.4, 0.5) is 5.82 Å². The molecule has 6 heteroatoms. The summed E-state index contributed by atoms with van der Waals surface area (Å²) in [5.74, 6) is 1.42. The van der Waals surface area contributed by atoms with Crippen molar-refractivity contribution in [2.24, 2.45) is 0 Å². The molecule has 6 nitrogen and oxygen atoms in total. The van der Waals surface area contributed by atoms with Crippen LogP contribution in [0, 0.1) is 20.8 Å². The van der Waals surface area contributed by atoms with E-state index in [1.807, 2.05) is 19.9 Å². The molecule has 3 aromatic rings. The van der Waals surface area contributed by atoms with E-state index < -0.39 is 0 Å². The lowest BCUT2D eigenvalue weighted by molar-refractivity contribution is 0.102. The van der Waals surface area contributed by atoms with E-state index in [0.29, 0.717) is 28.5 Å². The summed E-state index contributed by atoms with van der Waals surface area (Å²) in [6, 6.07) is 8.81. The molecule has 3 heterocycles. The summed E-state index contributed by atoms with van der Waals surface area (Å²) in [6.07, 6.45) is 0. The Morgan fingerprint density at radius 3 is 2.64 bits per heavy atom. The van der Waals surface area contributed by atoms with Crippen molar-refractivity contribution in [1.29, 1.82) is 0 Å². The number of benzene rings is 1. The fourth-order valence-corrected chi connectivity index (χ4v) is 2.84. The number of anilines is 1. The molecule has 1 amide bonds. The zero-order valence-electron chi connectivity index (χ0n) is 14.2. The number of hydrogen-bond donors (Lipinski definition) is 1. The van der Waals surface area contributed by atoms with Crippen molar-refractivity contribution in [2.75, 3.05) is 12.1 Å². The van der Waals surface area contributed by atoms with Gasteiger partial charge in [0.25, 0.3) is 5.91 Å². The number of amides is 1. The second-order valence-electron chi connectivity index (χ2n) is 6.04. The van der Waals surface area contributed by atoms with E-state index in [0.717, 1.165) is 22.2 Å². The molecular weight excluding hydrogens is 318 g/mol. The van der Waals surface area contributed by atoms with Crippen molar-refractivity contribution >= 4 is 22.8 Å². The Morgan fingerprint density at radius 2 is 1.80 bits per heavy atom. The summed E-state index contributed by atoms with van der Waals surface area (Å²) < 4.78 is 10.6. The van der Waals surface area contributed by atoms with Gasteiger partial charge in [-0.25, -0.2) is 9.97 Å². The highest BCUT2D eigenvalue weighted by molar-refractivity contribution is 6.04. The van der Waals surface area contributed by atoms with Gasteiger partial charge < -0.3 is 14.8 Å². The monoisotopic (exact) mass is 335 g/mol. The van der Waals surface area contributed by atoms with E-state index >= 15 is 0 Å². The normalized spacial score (nSPS) is 12.4. The van der Waals surface area contributed by atoms with Gasteiger partial charge in [-0.05, 0) is 62.2 Å². The molecular formula is C19H17N3O3. The number of aromatic nitrogens is 2. The number of rotatable bonds is 2. The number of pyridine rings is 2. The number of nitrogens with one attached hydrogen (secondary N) is 1. The van der Waals surface area contributed by atoms with Crippen molar-refractivity contribution in [3.05, 3.63) is 52.7 Å². The van der Waals surface area contributed by atoms with Gasteiger partial charge in [0.1, 0.15) is 5.82 Å². The van der Waals surface area contributed by atoms with Gasteiger partial charge in [-0.15, -0.1) is 0 Å². The van der Waals surface area contributed by atoms with Crippen molar-refractivity contribution in [3.8, 4) is 11.5 Å². The Balaban J connectivity index is 1.64. The summed E-state index contributed by atoms with van der Waals surface area (Å²) >= 11 is 0. The summed E-state index contributed by atoms with van der Waals surface area (Å²) in [4.78, 5) is 21.5. The van der Waals surface area contributed by atoms with Crippen LogP contribution < -0.4 is 14.8 Å². The SMILES string of the molecule is Cc1nc2nc(NC(=O)c3ccc4c(c3)OCO4)ccc2c(C)c1C. The lowest BCUT2D eigenvalue weighted by atomic mass is 10.1. The lowest BCUT2D eigenvalue weighted by Crippen LogP contribution is -2.13. The van der Waals surface area contributed by atoms with Gasteiger partial charge in [-0.3, -0.25) is 4.79 Å². The van der Waals surface area contributed by atoms with Gasteiger partial charge in [0.15, 0.2) is 17.1 Å². The van der Waals surface area contributed by atoms with Crippen molar-refractivity contribution in [3.63, 3.8) is 0 Å². The van der Waals surface area contributed by atoms with Crippen LogP contribution in [0.5, 0.6) is 11.5 Å². The Labute approximate surface area is 144 Å². The van der Waals surface area contributed by atoms with Crippen molar-refractivity contribution < 1.29 is 14.3 Å². The largest absolute Gasteiger partial charge is 0.454 e. The fraction of sp³-hybridized carbons (Fsp3) is 0.211. The van der Waals surface area contributed by atoms with Crippen LogP contribution >= 0.6 is 0 Å². The van der Waals surface area contributed by atoms with Crippen LogP contribution in [-0.4, -0.2) is 22.7 Å². The molecule has 0 saturated carbocycles. The summed E-state index contributed by atoms with van der Waals surface area (Å²) in [5, 5.41) is 3.80. The second-order valence-corrected chi connectivity index (χ2v) is 6.04. The topological polar surface area (TPSA) is 73.3 Å². The molecule has 0 unspecified atom stereocenters. The van der Waals surface area contributed by atoms with Crippen LogP contribution in [0.2, 0.25) is 0 Å². The predicted molar refractivity (Wildman–Crippen MR) is 94.3 cm³/mol. The van der Waals surface area contributed by atoms with E-state index in [-0.39, 0.29) is 12.7 Å². The average molecular weight is 335 g/mol. The molecule has 0 fully saturated rings. The van der Waals surface area contributed by atoms with Gasteiger partial charge in [0.05, 0.1) is 0 Å². The van der Waals surface area contributed by atoms with Gasteiger partial charge >= 0.3 is 0 Å². The average Bonchev–Trinajstić information content (AvgIpc) is 3.07. The number of hydrogen-bond acceptors (Lipinski definition) is 5. The molecule has 0 spiro atoms. The maximum atomic E-state index is 12.5. The molecule has 1 aliphatic heterocycles. The van der Waals surface area contributed by atoms with E-state index in [9.17, 15) is 4.79 Å². The molecule has 1 aromatic carbocycles. The number of ether oxygens (including phenoxy) is 2. The summed E-state index contributed by atoms with van der Waals surface area (Å²) in [6.45, 7) is 6.24. The second kappa shape index (κ2) is 5.73.